The van der Waals surface area contributed by atoms with E-state index in [0.29, 0.717) is 5.92 Å². The van der Waals surface area contributed by atoms with Gasteiger partial charge in [0.2, 0.25) is 0 Å². The lowest BCUT2D eigenvalue weighted by atomic mass is 9.81. The van der Waals surface area contributed by atoms with E-state index in [1.54, 1.807) is 21.3 Å². The Balaban J connectivity index is 2.52. The summed E-state index contributed by atoms with van der Waals surface area (Å²) in [6, 6.07) is 16.4. The molecule has 0 aliphatic rings. The Morgan fingerprint density at radius 3 is 1.90 bits per heavy atom. The van der Waals surface area contributed by atoms with Crippen molar-refractivity contribution in [1.29, 1.82) is 0 Å². The van der Waals surface area contributed by atoms with Crippen molar-refractivity contribution >= 4 is 15.9 Å². The van der Waals surface area contributed by atoms with Gasteiger partial charge in [0.1, 0.15) is 17.2 Å². The van der Waals surface area contributed by atoms with Crippen LogP contribution in [-0.2, 0) is 0 Å². The van der Waals surface area contributed by atoms with Crippen LogP contribution in [0.25, 0.3) is 22.3 Å². The normalized spacial score (nSPS) is 11.2. The fraction of sp³-hybridized carbons (Fsp3) is 0.333. The molecular formula is C27H31BrO3. The van der Waals surface area contributed by atoms with Crippen molar-refractivity contribution in [3.63, 3.8) is 0 Å². The molecule has 0 bridgehead atoms. The van der Waals surface area contributed by atoms with Crippen LogP contribution in [0.1, 0.15) is 50.7 Å². The molecule has 3 aromatic rings. The largest absolute Gasteiger partial charge is 0.496 e. The number of rotatable bonds is 7. The summed E-state index contributed by atoms with van der Waals surface area (Å²) in [4.78, 5) is 0. The Labute approximate surface area is 194 Å². The summed E-state index contributed by atoms with van der Waals surface area (Å²) in [5.41, 5.74) is 6.71. The Bertz CT molecular complexity index is 1070. The van der Waals surface area contributed by atoms with Crippen molar-refractivity contribution in [1.82, 2.24) is 0 Å². The molecule has 0 radical (unpaired) electrons. The maximum atomic E-state index is 6.09. The van der Waals surface area contributed by atoms with Crippen LogP contribution in [0.3, 0.4) is 0 Å². The highest BCUT2D eigenvalue weighted by molar-refractivity contribution is 9.10. The van der Waals surface area contributed by atoms with E-state index >= 15 is 0 Å². The van der Waals surface area contributed by atoms with Crippen LogP contribution in [0, 0.1) is 0 Å². The number of hydrogen-bond acceptors (Lipinski definition) is 3. The van der Waals surface area contributed by atoms with E-state index in [1.165, 1.54) is 16.7 Å². The first-order chi connectivity index (χ1) is 14.8. The fourth-order valence-corrected chi connectivity index (χ4v) is 4.74. The zero-order chi connectivity index (χ0) is 22.7. The molecule has 0 unspecified atom stereocenters. The monoisotopic (exact) mass is 482 g/mol. The van der Waals surface area contributed by atoms with Crippen molar-refractivity contribution in [3.8, 4) is 39.5 Å². The maximum Gasteiger partial charge on any atom is 0.130 e. The van der Waals surface area contributed by atoms with Gasteiger partial charge in [-0.3, -0.25) is 0 Å². The van der Waals surface area contributed by atoms with Gasteiger partial charge in [0, 0.05) is 26.7 Å². The minimum Gasteiger partial charge on any atom is -0.496 e. The average molecular weight is 483 g/mol. The van der Waals surface area contributed by atoms with Crippen molar-refractivity contribution in [3.05, 3.63) is 64.1 Å². The van der Waals surface area contributed by atoms with E-state index in [4.69, 9.17) is 14.2 Å². The Hall–Kier alpha value is -2.46. The molecule has 0 N–H and O–H groups in total. The molecule has 0 saturated carbocycles. The summed E-state index contributed by atoms with van der Waals surface area (Å²) >= 11 is 3.78. The third kappa shape index (κ3) is 4.31. The molecule has 3 aromatic carbocycles. The lowest BCUT2D eigenvalue weighted by molar-refractivity contribution is 0.405. The van der Waals surface area contributed by atoms with Crippen molar-refractivity contribution in [2.45, 2.75) is 39.5 Å². The summed E-state index contributed by atoms with van der Waals surface area (Å²) in [7, 11) is 5.17. The van der Waals surface area contributed by atoms with Crippen molar-refractivity contribution in [2.75, 3.05) is 21.3 Å². The third-order valence-corrected chi connectivity index (χ3v) is 6.25. The van der Waals surface area contributed by atoms with Crippen LogP contribution < -0.4 is 14.2 Å². The van der Waals surface area contributed by atoms with Crippen LogP contribution in [0.4, 0.5) is 0 Å². The summed E-state index contributed by atoms with van der Waals surface area (Å²) in [5, 5.41) is 0. The molecule has 0 amide bonds. The Morgan fingerprint density at radius 1 is 0.677 bits per heavy atom. The zero-order valence-corrected chi connectivity index (χ0v) is 21.0. The summed E-state index contributed by atoms with van der Waals surface area (Å²) in [6.45, 7) is 8.87. The fourth-order valence-electron chi connectivity index (χ4n) is 4.20. The molecule has 0 aliphatic heterocycles. The van der Waals surface area contributed by atoms with Gasteiger partial charge in [-0.1, -0.05) is 67.9 Å². The smallest absolute Gasteiger partial charge is 0.130 e. The van der Waals surface area contributed by atoms with E-state index in [1.807, 2.05) is 30.3 Å². The van der Waals surface area contributed by atoms with Crippen LogP contribution in [0.5, 0.6) is 17.2 Å². The standard InChI is InChI=1S/C27H31BrO3/c1-16(2)19-15-20(18-11-8-9-13-22(18)29-5)27(31-7)24(17(3)4)25(19)26-21(28)12-10-14-23(26)30-6/h8-17H,1-7H3. The molecular weight excluding hydrogens is 452 g/mol. The molecule has 4 heteroatoms. The molecule has 0 saturated heterocycles. The molecule has 0 atom stereocenters. The third-order valence-electron chi connectivity index (χ3n) is 5.59. The first-order valence-corrected chi connectivity index (χ1v) is 11.4. The molecule has 0 fully saturated rings. The van der Waals surface area contributed by atoms with E-state index in [-0.39, 0.29) is 5.92 Å². The minimum atomic E-state index is 0.230. The second-order valence-electron chi connectivity index (χ2n) is 8.16. The number of para-hydroxylation sites is 1. The molecule has 3 nitrogen and oxygen atoms in total. The number of hydrogen-bond donors (Lipinski definition) is 0. The van der Waals surface area contributed by atoms with E-state index in [0.717, 1.165) is 38.4 Å². The van der Waals surface area contributed by atoms with Gasteiger partial charge in [0.05, 0.1) is 21.3 Å². The predicted molar refractivity (Wildman–Crippen MR) is 133 cm³/mol. The van der Waals surface area contributed by atoms with Crippen molar-refractivity contribution in [2.24, 2.45) is 0 Å². The van der Waals surface area contributed by atoms with Gasteiger partial charge >= 0.3 is 0 Å². The molecule has 31 heavy (non-hydrogen) atoms. The first-order valence-electron chi connectivity index (χ1n) is 10.6. The Morgan fingerprint density at radius 2 is 1.32 bits per heavy atom. The average Bonchev–Trinajstić information content (AvgIpc) is 2.77. The van der Waals surface area contributed by atoms with Gasteiger partial charge < -0.3 is 14.2 Å². The molecule has 0 heterocycles. The van der Waals surface area contributed by atoms with E-state index in [9.17, 15) is 0 Å². The highest BCUT2D eigenvalue weighted by Gasteiger charge is 2.27. The number of benzene rings is 3. The lowest BCUT2D eigenvalue weighted by Crippen LogP contribution is -2.07. The van der Waals surface area contributed by atoms with Gasteiger partial charge in [-0.2, -0.15) is 0 Å². The topological polar surface area (TPSA) is 27.7 Å². The molecule has 0 spiro atoms. The van der Waals surface area contributed by atoms with Gasteiger partial charge in [-0.15, -0.1) is 0 Å². The van der Waals surface area contributed by atoms with E-state index < -0.39 is 0 Å². The summed E-state index contributed by atoms with van der Waals surface area (Å²) < 4.78 is 18.6. The van der Waals surface area contributed by atoms with Gasteiger partial charge in [0.25, 0.3) is 0 Å². The predicted octanol–water partition coefficient (Wildman–Crippen LogP) is 8.06. The Kier molecular flexibility index (Phi) is 7.32. The second kappa shape index (κ2) is 9.78. The maximum absolute atomic E-state index is 6.09. The van der Waals surface area contributed by atoms with Crippen molar-refractivity contribution < 1.29 is 14.2 Å². The summed E-state index contributed by atoms with van der Waals surface area (Å²) in [6.07, 6.45) is 0. The number of ether oxygens (including phenoxy) is 3. The highest BCUT2D eigenvalue weighted by Crippen LogP contribution is 2.51. The first kappa shape index (κ1) is 23.2. The van der Waals surface area contributed by atoms with Gasteiger partial charge in [-0.05, 0) is 47.2 Å². The SMILES string of the molecule is COc1ccccc1-c1cc(C(C)C)c(-c2c(Br)cccc2OC)c(C(C)C)c1OC. The lowest BCUT2D eigenvalue weighted by Gasteiger charge is -2.27. The molecule has 0 aromatic heterocycles. The van der Waals surface area contributed by atoms with Crippen LogP contribution in [-0.4, -0.2) is 21.3 Å². The summed E-state index contributed by atoms with van der Waals surface area (Å²) in [5.74, 6) is 3.07. The molecule has 164 valence electrons. The number of methoxy groups -OCH3 is 3. The second-order valence-corrected chi connectivity index (χ2v) is 9.02. The van der Waals surface area contributed by atoms with Crippen LogP contribution in [0.15, 0.2) is 53.0 Å². The highest BCUT2D eigenvalue weighted by atomic mass is 79.9. The van der Waals surface area contributed by atoms with Crippen LogP contribution in [0.2, 0.25) is 0 Å². The minimum absolute atomic E-state index is 0.230. The quantitative estimate of drug-likeness (QED) is 0.340. The van der Waals surface area contributed by atoms with Gasteiger partial charge in [0.15, 0.2) is 0 Å². The van der Waals surface area contributed by atoms with Gasteiger partial charge in [-0.25, -0.2) is 0 Å². The zero-order valence-electron chi connectivity index (χ0n) is 19.4. The van der Waals surface area contributed by atoms with Crippen LogP contribution >= 0.6 is 15.9 Å². The molecule has 3 rings (SSSR count). The number of halogens is 1. The van der Waals surface area contributed by atoms with E-state index in [2.05, 4.69) is 61.8 Å². The molecule has 0 aliphatic carbocycles.